The van der Waals surface area contributed by atoms with Gasteiger partial charge in [-0.1, -0.05) is 26.8 Å². The Labute approximate surface area is 105 Å². The zero-order chi connectivity index (χ0) is 10.9. The molecular formula is C11H16MgO3. The highest BCUT2D eigenvalue weighted by molar-refractivity contribution is 5.91. The molecule has 3 nitrogen and oxygen atoms in total. The topological polar surface area (TPSA) is 57.5 Å². The minimum absolute atomic E-state index is 0. The van der Waals surface area contributed by atoms with Gasteiger partial charge in [-0.15, -0.1) is 0 Å². The number of carboxylic acid groups (broad SMARTS) is 1. The van der Waals surface area contributed by atoms with E-state index in [0.717, 1.165) is 5.56 Å². The lowest BCUT2D eigenvalue weighted by molar-refractivity contribution is 0.0693. The van der Waals surface area contributed by atoms with Gasteiger partial charge in [-0.25, -0.2) is 4.79 Å². The van der Waals surface area contributed by atoms with Gasteiger partial charge in [0.2, 0.25) is 0 Å². The van der Waals surface area contributed by atoms with Gasteiger partial charge >= 0.3 is 29.0 Å². The molecule has 4 heteroatoms. The first-order valence-corrected chi connectivity index (χ1v) is 4.39. The summed E-state index contributed by atoms with van der Waals surface area (Å²) >= 11 is 0. The number of benzene rings is 1. The van der Waals surface area contributed by atoms with Crippen molar-refractivity contribution in [3.05, 3.63) is 29.3 Å². The van der Waals surface area contributed by atoms with E-state index in [0.29, 0.717) is 0 Å². The summed E-state index contributed by atoms with van der Waals surface area (Å²) in [5.41, 5.74) is 0.739. The van der Waals surface area contributed by atoms with Gasteiger partial charge in [-0.2, -0.15) is 0 Å². The maximum Gasteiger partial charge on any atom is 0.339 e. The Morgan fingerprint density at radius 2 is 1.80 bits per heavy atom. The Morgan fingerprint density at radius 1 is 1.27 bits per heavy atom. The third-order valence-corrected chi connectivity index (χ3v) is 2.09. The number of rotatable bonds is 1. The second-order valence-electron chi connectivity index (χ2n) is 4.29. The molecule has 80 valence electrons. The standard InChI is InChI=1S/C11H14O3.Mg.2H/c1-11(2,3)7-4-5-9(12)8(6-7)10(13)14;;;/h4-6,12H,1-3H3,(H,13,14);;;. The lowest BCUT2D eigenvalue weighted by atomic mass is 9.86. The molecule has 0 saturated carbocycles. The van der Waals surface area contributed by atoms with Crippen LogP contribution in [-0.2, 0) is 5.41 Å². The molecule has 1 aromatic rings. The fourth-order valence-corrected chi connectivity index (χ4v) is 1.17. The molecule has 0 heterocycles. The third kappa shape index (κ3) is 3.39. The molecule has 0 radical (unpaired) electrons. The summed E-state index contributed by atoms with van der Waals surface area (Å²) in [6.45, 7) is 5.97. The van der Waals surface area contributed by atoms with Crippen LogP contribution in [0.5, 0.6) is 5.75 Å². The summed E-state index contributed by atoms with van der Waals surface area (Å²) in [6, 6.07) is 4.67. The van der Waals surface area contributed by atoms with Crippen molar-refractivity contribution in [1.82, 2.24) is 0 Å². The van der Waals surface area contributed by atoms with Crippen LogP contribution in [0.3, 0.4) is 0 Å². The number of hydrogen-bond donors (Lipinski definition) is 2. The molecule has 0 bridgehead atoms. The first-order valence-electron chi connectivity index (χ1n) is 4.39. The average molecular weight is 221 g/mol. The van der Waals surface area contributed by atoms with Gasteiger partial charge in [0.05, 0.1) is 0 Å². The van der Waals surface area contributed by atoms with E-state index in [2.05, 4.69) is 0 Å². The summed E-state index contributed by atoms with van der Waals surface area (Å²) in [5.74, 6) is -1.29. The Bertz CT molecular complexity index is 367. The predicted octanol–water partition coefficient (Wildman–Crippen LogP) is 1.47. The molecule has 0 aliphatic carbocycles. The van der Waals surface area contributed by atoms with Gasteiger partial charge < -0.3 is 10.2 Å². The summed E-state index contributed by atoms with van der Waals surface area (Å²) < 4.78 is 0. The smallest absolute Gasteiger partial charge is 0.339 e. The maximum absolute atomic E-state index is 10.7. The van der Waals surface area contributed by atoms with Gasteiger partial charge in [0.15, 0.2) is 0 Å². The van der Waals surface area contributed by atoms with E-state index in [9.17, 15) is 9.90 Å². The molecule has 0 saturated heterocycles. The van der Waals surface area contributed by atoms with E-state index in [1.54, 1.807) is 6.07 Å². The van der Waals surface area contributed by atoms with Crippen LogP contribution in [0.25, 0.3) is 0 Å². The molecule has 0 amide bonds. The van der Waals surface area contributed by atoms with Crippen LogP contribution in [0.15, 0.2) is 18.2 Å². The highest BCUT2D eigenvalue weighted by Crippen LogP contribution is 2.27. The SMILES string of the molecule is CC(C)(C)c1ccc(O)c(C(=O)O)c1.[MgH2]. The predicted molar refractivity (Wildman–Crippen MR) is 62.3 cm³/mol. The average Bonchev–Trinajstić information content (AvgIpc) is 2.02. The van der Waals surface area contributed by atoms with E-state index in [-0.39, 0.29) is 39.8 Å². The quantitative estimate of drug-likeness (QED) is 0.705. The van der Waals surface area contributed by atoms with Crippen LogP contribution in [-0.4, -0.2) is 39.2 Å². The van der Waals surface area contributed by atoms with Gasteiger partial charge in [-0.3, -0.25) is 0 Å². The lowest BCUT2D eigenvalue weighted by Gasteiger charge is -2.19. The molecule has 0 fully saturated rings. The molecule has 1 rings (SSSR count). The van der Waals surface area contributed by atoms with Crippen molar-refractivity contribution in [3.8, 4) is 5.75 Å². The van der Waals surface area contributed by atoms with Crippen LogP contribution in [0.4, 0.5) is 0 Å². The normalized spacial score (nSPS) is 10.6. The van der Waals surface area contributed by atoms with Crippen molar-refractivity contribution < 1.29 is 15.0 Å². The van der Waals surface area contributed by atoms with E-state index in [1.165, 1.54) is 12.1 Å². The number of hydrogen-bond acceptors (Lipinski definition) is 2. The van der Waals surface area contributed by atoms with Crippen LogP contribution >= 0.6 is 0 Å². The van der Waals surface area contributed by atoms with Gasteiger partial charge in [0.1, 0.15) is 11.3 Å². The minimum Gasteiger partial charge on any atom is -0.507 e. The monoisotopic (exact) mass is 220 g/mol. The fourth-order valence-electron chi connectivity index (χ4n) is 1.17. The van der Waals surface area contributed by atoms with Gasteiger partial charge in [0, 0.05) is 0 Å². The van der Waals surface area contributed by atoms with Gasteiger partial charge in [0.25, 0.3) is 0 Å². The molecule has 2 N–H and O–H groups in total. The van der Waals surface area contributed by atoms with E-state index >= 15 is 0 Å². The number of carboxylic acids is 1. The van der Waals surface area contributed by atoms with E-state index < -0.39 is 5.97 Å². The van der Waals surface area contributed by atoms with Crippen molar-refractivity contribution in [1.29, 1.82) is 0 Å². The Morgan fingerprint density at radius 3 is 2.20 bits per heavy atom. The molecule has 0 unspecified atom stereocenters. The van der Waals surface area contributed by atoms with Gasteiger partial charge in [-0.05, 0) is 23.1 Å². The van der Waals surface area contributed by atoms with Crippen LogP contribution in [0, 0.1) is 0 Å². The first-order chi connectivity index (χ1) is 6.32. The molecule has 0 aliphatic rings. The molecule has 1 aromatic carbocycles. The minimum atomic E-state index is -1.10. The molecule has 0 aliphatic heterocycles. The van der Waals surface area contributed by atoms with Crippen LogP contribution in [0.2, 0.25) is 0 Å². The molecule has 0 aromatic heterocycles. The van der Waals surface area contributed by atoms with Crippen LogP contribution in [0.1, 0.15) is 36.7 Å². The van der Waals surface area contributed by atoms with Crippen molar-refractivity contribution in [3.63, 3.8) is 0 Å². The lowest BCUT2D eigenvalue weighted by Crippen LogP contribution is -2.12. The van der Waals surface area contributed by atoms with Crippen molar-refractivity contribution in [2.75, 3.05) is 0 Å². The largest absolute Gasteiger partial charge is 0.507 e. The Kier molecular flexibility index (Phi) is 4.61. The summed E-state index contributed by atoms with van der Waals surface area (Å²) in [6.07, 6.45) is 0. The molecule has 15 heavy (non-hydrogen) atoms. The number of aromatic carboxylic acids is 1. The molecular weight excluding hydrogens is 204 g/mol. The van der Waals surface area contributed by atoms with E-state index in [4.69, 9.17) is 5.11 Å². The van der Waals surface area contributed by atoms with Crippen molar-refractivity contribution in [2.45, 2.75) is 26.2 Å². The highest BCUT2D eigenvalue weighted by atomic mass is 24.3. The summed E-state index contributed by atoms with van der Waals surface area (Å²) in [4.78, 5) is 10.7. The maximum atomic E-state index is 10.7. The van der Waals surface area contributed by atoms with Crippen LogP contribution < -0.4 is 0 Å². The second-order valence-corrected chi connectivity index (χ2v) is 4.29. The molecule has 0 spiro atoms. The Balaban J connectivity index is 0.00000196. The number of phenols is 1. The Hall–Kier alpha value is -0.744. The first kappa shape index (κ1) is 14.3. The zero-order valence-corrected chi connectivity index (χ0v) is 8.53. The zero-order valence-electron chi connectivity index (χ0n) is 8.53. The fraction of sp³-hybridized carbons (Fsp3) is 0.364. The summed E-state index contributed by atoms with van der Waals surface area (Å²) in [7, 11) is 0. The number of carbonyl (C=O) groups is 1. The number of aromatic hydroxyl groups is 1. The molecule has 0 atom stereocenters. The van der Waals surface area contributed by atoms with Crippen molar-refractivity contribution >= 4 is 29.0 Å². The highest BCUT2D eigenvalue weighted by Gasteiger charge is 2.17. The second kappa shape index (κ2) is 4.85. The van der Waals surface area contributed by atoms with E-state index in [1.807, 2.05) is 20.8 Å². The third-order valence-electron chi connectivity index (χ3n) is 2.09. The van der Waals surface area contributed by atoms with Crippen molar-refractivity contribution in [2.24, 2.45) is 0 Å². The summed E-state index contributed by atoms with van der Waals surface area (Å²) in [5, 5.41) is 18.1.